The van der Waals surface area contributed by atoms with Crippen molar-refractivity contribution in [3.8, 4) is 0 Å². The van der Waals surface area contributed by atoms with Gasteiger partial charge in [-0.05, 0) is 43.1 Å². The Balaban J connectivity index is 2.18. The van der Waals surface area contributed by atoms with Crippen LogP contribution >= 0.6 is 11.6 Å². The summed E-state index contributed by atoms with van der Waals surface area (Å²) in [5.41, 5.74) is 1.07. The minimum Gasteiger partial charge on any atom is -0.316 e. The second kappa shape index (κ2) is 4.77. The van der Waals surface area contributed by atoms with Crippen LogP contribution in [0.3, 0.4) is 0 Å². The number of hydrogen-bond donors (Lipinski definition) is 1. The Labute approximate surface area is 94.6 Å². The molecule has 80 valence electrons. The molecule has 0 bridgehead atoms. The summed E-state index contributed by atoms with van der Waals surface area (Å²) in [5, 5.41) is 4.00. The first kappa shape index (κ1) is 10.7. The number of halogens is 1. The minimum absolute atomic E-state index is 0.0114. The van der Waals surface area contributed by atoms with Crippen LogP contribution in [0, 0.1) is 5.92 Å². The predicted octanol–water partition coefficient (Wildman–Crippen LogP) is 2.23. The van der Waals surface area contributed by atoms with E-state index in [2.05, 4.69) is 5.32 Å². The van der Waals surface area contributed by atoms with Gasteiger partial charge in [-0.2, -0.15) is 0 Å². The van der Waals surface area contributed by atoms with E-state index in [1.165, 1.54) is 0 Å². The standard InChI is InChI=1S/C12H14ClNO/c13-11-3-1-9(2-4-11)12(8-15)10-5-6-14-7-10/h1-4,8,10,12,14H,5-7H2. The molecule has 2 nitrogen and oxygen atoms in total. The van der Waals surface area contributed by atoms with E-state index in [-0.39, 0.29) is 5.92 Å². The molecule has 1 fully saturated rings. The lowest BCUT2D eigenvalue weighted by Gasteiger charge is -2.17. The highest BCUT2D eigenvalue weighted by Crippen LogP contribution is 2.28. The summed E-state index contributed by atoms with van der Waals surface area (Å²) in [7, 11) is 0. The van der Waals surface area contributed by atoms with Gasteiger partial charge < -0.3 is 10.1 Å². The van der Waals surface area contributed by atoms with Gasteiger partial charge in [-0.15, -0.1) is 0 Å². The quantitative estimate of drug-likeness (QED) is 0.797. The average Bonchev–Trinajstić information content (AvgIpc) is 2.75. The maximum atomic E-state index is 11.1. The fourth-order valence-electron chi connectivity index (χ4n) is 2.13. The molecule has 15 heavy (non-hydrogen) atoms. The molecule has 1 aromatic carbocycles. The van der Waals surface area contributed by atoms with Gasteiger partial charge in [-0.3, -0.25) is 0 Å². The lowest BCUT2D eigenvalue weighted by molar-refractivity contribution is -0.110. The first-order valence-electron chi connectivity index (χ1n) is 5.22. The highest BCUT2D eigenvalue weighted by atomic mass is 35.5. The fraction of sp³-hybridized carbons (Fsp3) is 0.417. The average molecular weight is 224 g/mol. The molecule has 1 heterocycles. The fourth-order valence-corrected chi connectivity index (χ4v) is 2.26. The smallest absolute Gasteiger partial charge is 0.127 e. The van der Waals surface area contributed by atoms with Crippen LogP contribution in [0.1, 0.15) is 17.9 Å². The molecule has 0 spiro atoms. The van der Waals surface area contributed by atoms with Gasteiger partial charge in [0.2, 0.25) is 0 Å². The van der Waals surface area contributed by atoms with Crippen molar-refractivity contribution in [1.29, 1.82) is 0 Å². The molecule has 0 saturated carbocycles. The molecule has 1 saturated heterocycles. The summed E-state index contributed by atoms with van der Waals surface area (Å²) in [5.74, 6) is 0.445. The highest BCUT2D eigenvalue weighted by Gasteiger charge is 2.25. The molecule has 2 unspecified atom stereocenters. The van der Waals surface area contributed by atoms with Crippen LogP contribution in [0.4, 0.5) is 0 Å². The van der Waals surface area contributed by atoms with Crippen molar-refractivity contribution >= 4 is 17.9 Å². The van der Waals surface area contributed by atoms with Crippen LogP contribution in [-0.2, 0) is 4.79 Å². The third-order valence-electron chi connectivity index (χ3n) is 3.01. The summed E-state index contributed by atoms with van der Waals surface area (Å²) in [6, 6.07) is 7.57. The van der Waals surface area contributed by atoms with E-state index in [4.69, 9.17) is 11.6 Å². The zero-order valence-electron chi connectivity index (χ0n) is 8.45. The van der Waals surface area contributed by atoms with Gasteiger partial charge in [-0.25, -0.2) is 0 Å². The lowest BCUT2D eigenvalue weighted by atomic mass is 9.87. The maximum absolute atomic E-state index is 11.1. The summed E-state index contributed by atoms with van der Waals surface area (Å²) < 4.78 is 0. The molecule has 2 rings (SSSR count). The van der Waals surface area contributed by atoms with Crippen molar-refractivity contribution in [2.24, 2.45) is 5.92 Å². The summed E-state index contributed by atoms with van der Waals surface area (Å²) in [6.45, 7) is 1.95. The number of nitrogens with one attached hydrogen (secondary N) is 1. The largest absolute Gasteiger partial charge is 0.316 e. The van der Waals surface area contributed by atoms with Crippen molar-refractivity contribution in [2.75, 3.05) is 13.1 Å². The summed E-state index contributed by atoms with van der Waals surface area (Å²) in [4.78, 5) is 11.1. The van der Waals surface area contributed by atoms with Crippen LogP contribution in [0.25, 0.3) is 0 Å². The maximum Gasteiger partial charge on any atom is 0.127 e. The molecular weight excluding hydrogens is 210 g/mol. The Hall–Kier alpha value is -0.860. The van der Waals surface area contributed by atoms with Gasteiger partial charge in [0.15, 0.2) is 0 Å². The Bertz CT molecular complexity index is 330. The van der Waals surface area contributed by atoms with E-state index >= 15 is 0 Å². The Morgan fingerprint density at radius 1 is 1.40 bits per heavy atom. The van der Waals surface area contributed by atoms with Crippen molar-refractivity contribution in [1.82, 2.24) is 5.32 Å². The second-order valence-electron chi connectivity index (χ2n) is 3.97. The van der Waals surface area contributed by atoms with Crippen LogP contribution in [0.2, 0.25) is 5.02 Å². The normalized spacial score (nSPS) is 22.6. The number of hydrogen-bond acceptors (Lipinski definition) is 2. The SMILES string of the molecule is O=CC(c1ccc(Cl)cc1)C1CCNC1. The molecule has 0 radical (unpaired) electrons. The summed E-state index contributed by atoms with van der Waals surface area (Å²) >= 11 is 5.82. The minimum atomic E-state index is 0.0114. The van der Waals surface area contributed by atoms with E-state index in [1.807, 2.05) is 24.3 Å². The summed E-state index contributed by atoms with van der Waals surface area (Å²) in [6.07, 6.45) is 2.13. The molecule has 0 aliphatic carbocycles. The molecular formula is C12H14ClNO. The van der Waals surface area contributed by atoms with Crippen LogP contribution < -0.4 is 5.32 Å². The van der Waals surface area contributed by atoms with Crippen molar-refractivity contribution < 1.29 is 4.79 Å². The van der Waals surface area contributed by atoms with Crippen molar-refractivity contribution in [3.63, 3.8) is 0 Å². The molecule has 1 aliphatic heterocycles. The van der Waals surface area contributed by atoms with Crippen molar-refractivity contribution in [2.45, 2.75) is 12.3 Å². The predicted molar refractivity (Wildman–Crippen MR) is 61.2 cm³/mol. The third kappa shape index (κ3) is 2.39. The van der Waals surface area contributed by atoms with E-state index in [0.717, 1.165) is 31.4 Å². The first-order chi connectivity index (χ1) is 7.31. The zero-order valence-corrected chi connectivity index (χ0v) is 9.20. The first-order valence-corrected chi connectivity index (χ1v) is 5.60. The van der Waals surface area contributed by atoms with Gasteiger partial charge in [0.1, 0.15) is 6.29 Å². The highest BCUT2D eigenvalue weighted by molar-refractivity contribution is 6.30. The van der Waals surface area contributed by atoms with E-state index in [1.54, 1.807) is 0 Å². The van der Waals surface area contributed by atoms with Crippen LogP contribution in [0.5, 0.6) is 0 Å². The molecule has 0 amide bonds. The van der Waals surface area contributed by atoms with Gasteiger partial charge in [0.25, 0.3) is 0 Å². The molecule has 1 aliphatic rings. The van der Waals surface area contributed by atoms with Gasteiger partial charge in [0, 0.05) is 10.9 Å². The second-order valence-corrected chi connectivity index (χ2v) is 4.40. The number of aldehydes is 1. The van der Waals surface area contributed by atoms with Gasteiger partial charge in [-0.1, -0.05) is 23.7 Å². The topological polar surface area (TPSA) is 29.1 Å². The third-order valence-corrected chi connectivity index (χ3v) is 3.26. The Morgan fingerprint density at radius 2 is 2.13 bits per heavy atom. The lowest BCUT2D eigenvalue weighted by Crippen LogP contribution is -2.17. The van der Waals surface area contributed by atoms with E-state index in [9.17, 15) is 4.79 Å². The number of rotatable bonds is 3. The molecule has 0 aromatic heterocycles. The zero-order chi connectivity index (χ0) is 10.7. The number of benzene rings is 1. The van der Waals surface area contributed by atoms with Crippen LogP contribution in [-0.4, -0.2) is 19.4 Å². The Kier molecular flexibility index (Phi) is 3.39. The van der Waals surface area contributed by atoms with Gasteiger partial charge >= 0.3 is 0 Å². The molecule has 1 N–H and O–H groups in total. The van der Waals surface area contributed by atoms with Crippen LogP contribution in [0.15, 0.2) is 24.3 Å². The van der Waals surface area contributed by atoms with Crippen molar-refractivity contribution in [3.05, 3.63) is 34.9 Å². The molecule has 1 aromatic rings. The van der Waals surface area contributed by atoms with Gasteiger partial charge in [0.05, 0.1) is 0 Å². The van der Waals surface area contributed by atoms with E-state index < -0.39 is 0 Å². The monoisotopic (exact) mass is 223 g/mol. The molecule has 3 heteroatoms. The van der Waals surface area contributed by atoms with E-state index in [0.29, 0.717) is 10.9 Å². The number of carbonyl (C=O) groups is 1. The molecule has 2 atom stereocenters. The Morgan fingerprint density at radius 3 is 2.67 bits per heavy atom. The number of carbonyl (C=O) groups excluding carboxylic acids is 1.